The van der Waals surface area contributed by atoms with Gasteiger partial charge in [0.15, 0.2) is 0 Å². The van der Waals surface area contributed by atoms with Gasteiger partial charge in [-0.25, -0.2) is 17.7 Å². The molecule has 0 N–H and O–H groups in total. The smallest absolute Gasteiger partial charge is 0.242 e. The Morgan fingerprint density at radius 3 is 2.43 bits per heavy atom. The van der Waals surface area contributed by atoms with Crippen LogP contribution in [0.4, 0.5) is 0 Å². The molecule has 3 rings (SSSR count). The van der Waals surface area contributed by atoms with Gasteiger partial charge in [0.25, 0.3) is 0 Å². The molecule has 1 amide bonds. The maximum absolute atomic E-state index is 12.6. The molecule has 0 bridgehead atoms. The number of aryl methyl sites for hydroxylation is 2. The summed E-state index contributed by atoms with van der Waals surface area (Å²) < 4.78 is 28.0. The van der Waals surface area contributed by atoms with Crippen molar-refractivity contribution in [3.8, 4) is 0 Å². The number of hydrogen-bond acceptors (Lipinski definition) is 5. The first-order valence-corrected chi connectivity index (χ1v) is 11.2. The summed E-state index contributed by atoms with van der Waals surface area (Å²) >= 11 is 0. The van der Waals surface area contributed by atoms with Crippen LogP contribution in [0.15, 0.2) is 47.6 Å². The molecular weight excluding hydrogens is 402 g/mol. The molecule has 0 aliphatic heterocycles. The normalized spacial score (nSPS) is 11.9. The van der Waals surface area contributed by atoms with Crippen LogP contribution in [0, 0.1) is 0 Å². The number of hydrogen-bond donors (Lipinski definition) is 0. The van der Waals surface area contributed by atoms with Crippen LogP contribution in [-0.2, 0) is 34.3 Å². The Kier molecular flexibility index (Phi) is 6.52. The fourth-order valence-electron chi connectivity index (χ4n) is 3.33. The van der Waals surface area contributed by atoms with Crippen molar-refractivity contribution < 1.29 is 13.2 Å². The Labute approximate surface area is 177 Å². The lowest BCUT2D eigenvalue weighted by molar-refractivity contribution is -0.130. The second kappa shape index (κ2) is 8.93. The lowest BCUT2D eigenvalue weighted by Crippen LogP contribution is -2.26. The number of pyridine rings is 1. The van der Waals surface area contributed by atoms with Gasteiger partial charge in [-0.05, 0) is 42.8 Å². The summed E-state index contributed by atoms with van der Waals surface area (Å²) in [7, 11) is 1.26. The van der Waals surface area contributed by atoms with Gasteiger partial charge in [-0.2, -0.15) is 0 Å². The quantitative estimate of drug-likeness (QED) is 0.548. The summed E-state index contributed by atoms with van der Waals surface area (Å²) in [5.74, 6) is 0.801. The highest BCUT2D eigenvalue weighted by atomic mass is 32.2. The van der Waals surface area contributed by atoms with Crippen molar-refractivity contribution in [2.45, 2.75) is 37.8 Å². The third kappa shape index (κ3) is 4.52. The number of fused-ring (bicyclic) bond motifs is 1. The fraction of sp³-hybridized carbons (Fsp3) is 0.381. The number of amides is 1. The maximum Gasteiger partial charge on any atom is 0.242 e. The summed E-state index contributed by atoms with van der Waals surface area (Å²) in [6.45, 7) is 3.22. The van der Waals surface area contributed by atoms with E-state index in [0.29, 0.717) is 31.4 Å². The van der Waals surface area contributed by atoms with Gasteiger partial charge < -0.3 is 9.47 Å². The van der Waals surface area contributed by atoms with Crippen molar-refractivity contribution in [2.24, 2.45) is 0 Å². The molecule has 9 heteroatoms. The van der Waals surface area contributed by atoms with Gasteiger partial charge in [-0.3, -0.25) is 9.78 Å². The van der Waals surface area contributed by atoms with E-state index in [2.05, 4.69) is 9.97 Å². The monoisotopic (exact) mass is 429 g/mol. The minimum Gasteiger partial charge on any atom is -0.341 e. The first kappa shape index (κ1) is 21.9. The molecule has 0 spiro atoms. The number of sulfonamides is 1. The van der Waals surface area contributed by atoms with Crippen LogP contribution in [-0.4, -0.2) is 59.2 Å². The zero-order valence-electron chi connectivity index (χ0n) is 17.7. The largest absolute Gasteiger partial charge is 0.341 e. The second-order valence-electron chi connectivity index (χ2n) is 7.32. The van der Waals surface area contributed by atoms with Crippen LogP contribution in [0.5, 0.6) is 0 Å². The number of aromatic nitrogens is 3. The number of benzene rings is 1. The molecule has 1 aromatic carbocycles. The van der Waals surface area contributed by atoms with E-state index in [-0.39, 0.29) is 10.8 Å². The molecule has 0 radical (unpaired) electrons. The van der Waals surface area contributed by atoms with Crippen molar-refractivity contribution in [3.63, 3.8) is 0 Å². The van der Waals surface area contributed by atoms with Gasteiger partial charge in [0.2, 0.25) is 15.9 Å². The van der Waals surface area contributed by atoms with Crippen LogP contribution in [0.2, 0.25) is 0 Å². The van der Waals surface area contributed by atoms with Gasteiger partial charge >= 0.3 is 0 Å². The zero-order chi connectivity index (χ0) is 21.9. The Morgan fingerprint density at radius 1 is 1.10 bits per heavy atom. The molecule has 0 saturated carbocycles. The van der Waals surface area contributed by atoms with Gasteiger partial charge in [0.05, 0.1) is 15.9 Å². The molecule has 2 heterocycles. The molecule has 0 aliphatic carbocycles. The minimum absolute atomic E-state index is 0.0254. The molecule has 3 aromatic rings. The molecule has 0 aliphatic rings. The van der Waals surface area contributed by atoms with Gasteiger partial charge in [-0.15, -0.1) is 0 Å². The topological polar surface area (TPSA) is 88.4 Å². The number of imidazole rings is 1. The molecule has 8 nitrogen and oxygen atoms in total. The number of carbonyl (C=O) groups excluding carboxylic acids is 1. The van der Waals surface area contributed by atoms with Crippen LogP contribution >= 0.6 is 0 Å². The van der Waals surface area contributed by atoms with Crippen molar-refractivity contribution >= 4 is 27.0 Å². The molecule has 0 fully saturated rings. The first-order valence-electron chi connectivity index (χ1n) is 9.78. The van der Waals surface area contributed by atoms with E-state index < -0.39 is 10.0 Å². The molecule has 30 heavy (non-hydrogen) atoms. The predicted octanol–water partition coefficient (Wildman–Crippen LogP) is 2.29. The van der Waals surface area contributed by atoms with Crippen LogP contribution in [0.25, 0.3) is 11.0 Å². The van der Waals surface area contributed by atoms with Crippen LogP contribution in [0.1, 0.15) is 24.7 Å². The second-order valence-corrected chi connectivity index (χ2v) is 9.47. The zero-order valence-corrected chi connectivity index (χ0v) is 18.6. The van der Waals surface area contributed by atoms with Crippen molar-refractivity contribution in [2.75, 3.05) is 21.1 Å². The summed E-state index contributed by atoms with van der Waals surface area (Å²) in [5.41, 5.74) is 2.51. The fourth-order valence-corrected chi connectivity index (χ4v) is 4.26. The maximum atomic E-state index is 12.6. The standard InChI is InChI=1S/C21H27N5O3S/c1-5-26-19-7-6-17(30(28,29)24(2)3)14-18(19)23-20(26)8-9-21(27)25(4)15-16-10-12-22-13-11-16/h6-7,10-14H,5,8-9,15H2,1-4H3. The molecular formula is C21H27N5O3S. The van der Waals surface area contributed by atoms with E-state index in [1.807, 2.05) is 23.6 Å². The number of nitrogens with zero attached hydrogens (tertiary/aromatic N) is 5. The third-order valence-corrected chi connectivity index (χ3v) is 6.86. The lowest BCUT2D eigenvalue weighted by atomic mass is 10.2. The summed E-state index contributed by atoms with van der Waals surface area (Å²) in [6, 6.07) is 8.75. The van der Waals surface area contributed by atoms with Crippen LogP contribution in [0.3, 0.4) is 0 Å². The van der Waals surface area contributed by atoms with Crippen molar-refractivity contribution in [1.29, 1.82) is 0 Å². The highest BCUT2D eigenvalue weighted by Gasteiger charge is 2.20. The molecule has 160 valence electrons. The van der Waals surface area contributed by atoms with E-state index in [1.54, 1.807) is 42.5 Å². The highest BCUT2D eigenvalue weighted by molar-refractivity contribution is 7.89. The summed E-state index contributed by atoms with van der Waals surface area (Å²) in [5, 5.41) is 0. The number of rotatable bonds is 8. The predicted molar refractivity (Wildman–Crippen MR) is 115 cm³/mol. The Morgan fingerprint density at radius 2 is 1.80 bits per heavy atom. The molecule has 2 aromatic heterocycles. The minimum atomic E-state index is -3.53. The average molecular weight is 430 g/mol. The Bertz CT molecular complexity index is 1140. The number of carbonyl (C=O) groups is 1. The first-order chi connectivity index (χ1) is 14.2. The van der Waals surface area contributed by atoms with E-state index in [0.717, 1.165) is 16.9 Å². The average Bonchev–Trinajstić information content (AvgIpc) is 3.09. The van der Waals surface area contributed by atoms with Crippen molar-refractivity contribution in [1.82, 2.24) is 23.7 Å². The van der Waals surface area contributed by atoms with Crippen LogP contribution < -0.4 is 0 Å². The summed E-state index contributed by atoms with van der Waals surface area (Å²) in [4.78, 5) is 23.1. The summed E-state index contributed by atoms with van der Waals surface area (Å²) in [6.07, 6.45) is 4.23. The van der Waals surface area contributed by atoms with Gasteiger partial charge in [-0.1, -0.05) is 0 Å². The Balaban J connectivity index is 1.77. The van der Waals surface area contributed by atoms with E-state index in [9.17, 15) is 13.2 Å². The van der Waals surface area contributed by atoms with E-state index in [4.69, 9.17) is 0 Å². The van der Waals surface area contributed by atoms with E-state index in [1.165, 1.54) is 18.4 Å². The van der Waals surface area contributed by atoms with Gasteiger partial charge in [0.1, 0.15) is 5.82 Å². The van der Waals surface area contributed by atoms with Gasteiger partial charge in [0, 0.05) is 59.5 Å². The van der Waals surface area contributed by atoms with E-state index >= 15 is 0 Å². The SMILES string of the molecule is CCn1c(CCC(=O)N(C)Cc2ccncc2)nc2cc(S(=O)(=O)N(C)C)ccc21. The molecule has 0 atom stereocenters. The highest BCUT2D eigenvalue weighted by Crippen LogP contribution is 2.23. The molecule has 0 unspecified atom stereocenters. The Hall–Kier alpha value is -2.78. The lowest BCUT2D eigenvalue weighted by Gasteiger charge is -2.17. The van der Waals surface area contributed by atoms with Crippen molar-refractivity contribution in [3.05, 3.63) is 54.1 Å². The third-order valence-electron chi connectivity index (χ3n) is 5.05. The molecule has 0 saturated heterocycles.